The van der Waals surface area contributed by atoms with Gasteiger partial charge in [0.15, 0.2) is 0 Å². The summed E-state index contributed by atoms with van der Waals surface area (Å²) < 4.78 is 0. The quantitative estimate of drug-likeness (QED) is 0.911. The summed E-state index contributed by atoms with van der Waals surface area (Å²) in [6, 6.07) is 10.9. The molecule has 5 nitrogen and oxygen atoms in total. The Labute approximate surface area is 141 Å². The molecule has 0 saturated heterocycles. The minimum atomic E-state index is 0.392. The number of hydrogen-bond donors (Lipinski definition) is 2. The van der Waals surface area contributed by atoms with Gasteiger partial charge in [-0.15, -0.1) is 0 Å². The summed E-state index contributed by atoms with van der Waals surface area (Å²) in [6.45, 7) is 0. The molecule has 1 aromatic heterocycles. The Morgan fingerprint density at radius 2 is 1.96 bits per heavy atom. The molecule has 2 aromatic rings. The van der Waals surface area contributed by atoms with E-state index in [2.05, 4.69) is 62.1 Å². The second-order valence-corrected chi connectivity index (χ2v) is 6.51. The van der Waals surface area contributed by atoms with Crippen molar-refractivity contribution < 1.29 is 0 Å². The van der Waals surface area contributed by atoms with Gasteiger partial charge in [-0.2, -0.15) is 0 Å². The van der Waals surface area contributed by atoms with Gasteiger partial charge >= 0.3 is 0 Å². The molecule has 2 N–H and O–H groups in total. The Balaban J connectivity index is 1.70. The summed E-state index contributed by atoms with van der Waals surface area (Å²) in [4.78, 5) is 8.93. The third-order valence-electron chi connectivity index (χ3n) is 4.94. The first-order chi connectivity index (χ1) is 11.8. The third kappa shape index (κ3) is 2.05. The van der Waals surface area contributed by atoms with Gasteiger partial charge in [-0.25, -0.2) is 15.4 Å². The van der Waals surface area contributed by atoms with Crippen LogP contribution in [0.1, 0.15) is 29.7 Å². The molecule has 2 aliphatic heterocycles. The molecule has 3 aliphatic rings. The predicted octanol–water partition coefficient (Wildman–Crippen LogP) is 2.97. The molecule has 1 atom stereocenters. The predicted molar refractivity (Wildman–Crippen MR) is 95.4 cm³/mol. The Kier molecular flexibility index (Phi) is 2.97. The smallest absolute Gasteiger partial charge is 0.139 e. The number of rotatable bonds is 3. The minimum absolute atomic E-state index is 0.392. The lowest BCUT2D eigenvalue weighted by molar-refractivity contribution is 0.376. The van der Waals surface area contributed by atoms with E-state index in [4.69, 9.17) is 0 Å². The van der Waals surface area contributed by atoms with Gasteiger partial charge in [0.05, 0.1) is 22.7 Å². The van der Waals surface area contributed by atoms with Crippen LogP contribution in [0.15, 0.2) is 42.7 Å². The summed E-state index contributed by atoms with van der Waals surface area (Å²) in [5, 5.41) is 5.42. The van der Waals surface area contributed by atoms with Gasteiger partial charge in [-0.3, -0.25) is 5.01 Å². The van der Waals surface area contributed by atoms with Crippen LogP contribution in [0, 0.1) is 5.92 Å². The highest BCUT2D eigenvalue weighted by Crippen LogP contribution is 2.44. The number of nitrogens with zero attached hydrogens (tertiary/aromatic N) is 3. The Morgan fingerprint density at radius 3 is 2.71 bits per heavy atom. The molecule has 1 unspecified atom stereocenters. The van der Waals surface area contributed by atoms with Crippen molar-refractivity contribution in [2.24, 2.45) is 5.92 Å². The first kappa shape index (κ1) is 13.7. The van der Waals surface area contributed by atoms with Crippen LogP contribution in [0.4, 0.5) is 5.82 Å². The molecular formula is C19H19N5. The summed E-state index contributed by atoms with van der Waals surface area (Å²) in [5.41, 5.74) is 9.21. The highest BCUT2D eigenvalue weighted by Gasteiger charge is 2.39. The monoisotopic (exact) mass is 317 g/mol. The van der Waals surface area contributed by atoms with Crippen molar-refractivity contribution in [2.45, 2.75) is 18.9 Å². The number of hydrogen-bond acceptors (Lipinski definition) is 5. The molecule has 24 heavy (non-hydrogen) atoms. The second-order valence-electron chi connectivity index (χ2n) is 6.51. The Morgan fingerprint density at radius 1 is 1.12 bits per heavy atom. The fourth-order valence-corrected chi connectivity index (χ4v) is 3.56. The van der Waals surface area contributed by atoms with Crippen LogP contribution in [0.3, 0.4) is 0 Å². The molecule has 0 spiro atoms. The van der Waals surface area contributed by atoms with Crippen molar-refractivity contribution in [3.05, 3.63) is 59.6 Å². The maximum absolute atomic E-state index is 4.53. The average molecular weight is 317 g/mol. The zero-order valence-corrected chi connectivity index (χ0v) is 13.5. The zero-order chi connectivity index (χ0) is 16.1. The number of benzene rings is 1. The normalized spacial score (nSPS) is 21.7. The third-order valence-corrected chi connectivity index (χ3v) is 4.94. The van der Waals surface area contributed by atoms with Gasteiger partial charge in [0.1, 0.15) is 12.1 Å². The summed E-state index contributed by atoms with van der Waals surface area (Å²) in [6.07, 6.45) is 8.72. The molecule has 0 bridgehead atoms. The van der Waals surface area contributed by atoms with Crippen molar-refractivity contribution in [3.8, 4) is 0 Å². The highest BCUT2D eigenvalue weighted by molar-refractivity contribution is 5.95. The Hall–Kier alpha value is -2.66. The van der Waals surface area contributed by atoms with Crippen molar-refractivity contribution in [1.29, 1.82) is 0 Å². The van der Waals surface area contributed by atoms with E-state index in [0.29, 0.717) is 6.04 Å². The summed E-state index contributed by atoms with van der Waals surface area (Å²) in [7, 11) is 1.91. The number of nitrogens with one attached hydrogen (secondary N) is 2. The first-order valence-electron chi connectivity index (χ1n) is 8.43. The first-order valence-corrected chi connectivity index (χ1v) is 8.43. The molecule has 120 valence electrons. The van der Waals surface area contributed by atoms with Crippen molar-refractivity contribution in [2.75, 3.05) is 12.4 Å². The van der Waals surface area contributed by atoms with Crippen LogP contribution >= 0.6 is 0 Å². The van der Waals surface area contributed by atoms with Crippen LogP contribution in [0.25, 0.3) is 17.5 Å². The number of anilines is 1. The molecule has 5 rings (SSSR count). The standard InChI is InChI=1S/C19H19N5/c1-20-19-18-15(21-11-22-19)10-16(13-5-3-2-4-6-13)24-17(18)9-14(23-24)12-7-8-12/h2-6,9-12,14,23H,7-8H2,1H3,(H,20,21,22). The van der Waals surface area contributed by atoms with E-state index in [-0.39, 0.29) is 0 Å². The summed E-state index contributed by atoms with van der Waals surface area (Å²) >= 11 is 0. The number of aromatic nitrogens is 2. The fraction of sp³-hybridized carbons (Fsp3) is 0.263. The molecule has 1 aromatic carbocycles. The topological polar surface area (TPSA) is 53.1 Å². The number of fused-ring (bicyclic) bond motifs is 3. The lowest BCUT2D eigenvalue weighted by Gasteiger charge is -2.31. The minimum Gasteiger partial charge on any atom is -0.372 e. The largest absolute Gasteiger partial charge is 0.372 e. The lowest BCUT2D eigenvalue weighted by atomic mass is 10.0. The second kappa shape index (κ2) is 5.18. The highest BCUT2D eigenvalue weighted by atomic mass is 15.5. The van der Waals surface area contributed by atoms with Gasteiger partial charge in [-0.1, -0.05) is 30.3 Å². The van der Waals surface area contributed by atoms with E-state index in [1.54, 1.807) is 6.33 Å². The van der Waals surface area contributed by atoms with Gasteiger partial charge in [0.2, 0.25) is 0 Å². The molecule has 3 heterocycles. The molecule has 1 fully saturated rings. The molecule has 0 radical (unpaired) electrons. The molecule has 1 saturated carbocycles. The Bertz CT molecular complexity index is 851. The molecule has 0 amide bonds. The SMILES string of the molecule is CNc1ncnc2c1C1=CC(C3CC3)NN1C(c1ccccc1)=C2. The number of hydrazine groups is 1. The summed E-state index contributed by atoms with van der Waals surface area (Å²) in [5.74, 6) is 1.61. The lowest BCUT2D eigenvalue weighted by Crippen LogP contribution is -2.37. The van der Waals surface area contributed by atoms with E-state index in [9.17, 15) is 0 Å². The van der Waals surface area contributed by atoms with E-state index >= 15 is 0 Å². The molecule has 5 heteroatoms. The van der Waals surface area contributed by atoms with Gasteiger partial charge < -0.3 is 5.32 Å². The van der Waals surface area contributed by atoms with E-state index in [1.165, 1.54) is 18.4 Å². The van der Waals surface area contributed by atoms with Crippen LogP contribution in [0.5, 0.6) is 0 Å². The maximum Gasteiger partial charge on any atom is 0.139 e. The van der Waals surface area contributed by atoms with Crippen molar-refractivity contribution in [1.82, 2.24) is 20.4 Å². The van der Waals surface area contributed by atoms with Crippen LogP contribution in [0.2, 0.25) is 0 Å². The average Bonchev–Trinajstić information content (AvgIpc) is 3.39. The maximum atomic E-state index is 4.53. The zero-order valence-electron chi connectivity index (χ0n) is 13.5. The molecular weight excluding hydrogens is 298 g/mol. The van der Waals surface area contributed by atoms with Crippen molar-refractivity contribution >= 4 is 23.3 Å². The van der Waals surface area contributed by atoms with E-state index in [0.717, 1.165) is 34.4 Å². The van der Waals surface area contributed by atoms with Crippen LogP contribution in [-0.2, 0) is 0 Å². The van der Waals surface area contributed by atoms with E-state index in [1.807, 2.05) is 13.1 Å². The molecule has 1 aliphatic carbocycles. The van der Waals surface area contributed by atoms with E-state index < -0.39 is 0 Å². The van der Waals surface area contributed by atoms with Gasteiger partial charge in [0, 0.05) is 13.1 Å². The van der Waals surface area contributed by atoms with Crippen LogP contribution < -0.4 is 10.7 Å². The van der Waals surface area contributed by atoms with Gasteiger partial charge in [0.25, 0.3) is 0 Å². The van der Waals surface area contributed by atoms with Gasteiger partial charge in [-0.05, 0) is 36.5 Å². The van der Waals surface area contributed by atoms with Crippen LogP contribution in [-0.4, -0.2) is 28.1 Å². The fourth-order valence-electron chi connectivity index (χ4n) is 3.56. The van der Waals surface area contributed by atoms with Crippen molar-refractivity contribution in [3.63, 3.8) is 0 Å².